The molecule has 0 radical (unpaired) electrons. The Morgan fingerprint density at radius 1 is 1.41 bits per heavy atom. The first-order valence-electron chi connectivity index (χ1n) is 5.52. The molecule has 3 heteroatoms. The number of aromatic amines is 1. The van der Waals surface area contributed by atoms with E-state index in [9.17, 15) is 0 Å². The SMILES string of the molecule is [C-]#[N+]c1c(C(C)C)[nH]c2cc(C)c(C#N)cc12. The summed E-state index contributed by atoms with van der Waals surface area (Å²) >= 11 is 0. The molecule has 2 aromatic rings. The molecule has 0 saturated heterocycles. The zero-order chi connectivity index (χ0) is 12.6. The van der Waals surface area contributed by atoms with Gasteiger partial charge in [-0.05, 0) is 30.5 Å². The maximum atomic E-state index is 9.02. The number of aryl methyl sites for hydroxylation is 1. The normalized spacial score (nSPS) is 10.5. The van der Waals surface area contributed by atoms with Gasteiger partial charge in [0.05, 0.1) is 18.2 Å². The lowest BCUT2D eigenvalue weighted by Gasteiger charge is -2.00. The van der Waals surface area contributed by atoms with Gasteiger partial charge in [-0.3, -0.25) is 0 Å². The minimum Gasteiger partial charge on any atom is -0.369 e. The van der Waals surface area contributed by atoms with Crippen molar-refractivity contribution < 1.29 is 0 Å². The fraction of sp³-hybridized carbons (Fsp3) is 0.286. The molecule has 3 nitrogen and oxygen atoms in total. The summed E-state index contributed by atoms with van der Waals surface area (Å²) in [5.74, 6) is 0.275. The lowest BCUT2D eigenvalue weighted by molar-refractivity contribution is 0.840. The molecule has 1 aromatic carbocycles. The number of hydrogen-bond acceptors (Lipinski definition) is 1. The molecule has 0 bridgehead atoms. The van der Waals surface area contributed by atoms with E-state index in [0.717, 1.165) is 22.2 Å². The zero-order valence-corrected chi connectivity index (χ0v) is 10.1. The number of hydrogen-bond donors (Lipinski definition) is 1. The lowest BCUT2D eigenvalue weighted by Crippen LogP contribution is -1.85. The molecule has 0 atom stereocenters. The highest BCUT2D eigenvalue weighted by Crippen LogP contribution is 2.35. The van der Waals surface area contributed by atoms with Gasteiger partial charge in [-0.2, -0.15) is 5.26 Å². The van der Waals surface area contributed by atoms with Crippen LogP contribution in [0.3, 0.4) is 0 Å². The van der Waals surface area contributed by atoms with Crippen LogP contribution in [0.4, 0.5) is 5.69 Å². The topological polar surface area (TPSA) is 43.9 Å². The Kier molecular flexibility index (Phi) is 2.61. The van der Waals surface area contributed by atoms with Crippen molar-refractivity contribution in [1.82, 2.24) is 4.98 Å². The van der Waals surface area contributed by atoms with Crippen molar-refractivity contribution >= 4 is 16.6 Å². The van der Waals surface area contributed by atoms with Crippen LogP contribution in [-0.2, 0) is 0 Å². The fourth-order valence-corrected chi connectivity index (χ4v) is 2.02. The molecule has 0 amide bonds. The monoisotopic (exact) mass is 223 g/mol. The van der Waals surface area contributed by atoms with Crippen LogP contribution in [-0.4, -0.2) is 4.98 Å². The number of nitrogens with zero attached hydrogens (tertiary/aromatic N) is 2. The lowest BCUT2D eigenvalue weighted by atomic mass is 10.0. The summed E-state index contributed by atoms with van der Waals surface area (Å²) in [6.45, 7) is 13.3. The van der Waals surface area contributed by atoms with Gasteiger partial charge in [-0.25, -0.2) is 4.85 Å². The summed E-state index contributed by atoms with van der Waals surface area (Å²) in [6, 6.07) is 5.91. The van der Waals surface area contributed by atoms with E-state index in [1.165, 1.54) is 0 Å². The maximum absolute atomic E-state index is 9.02. The number of benzene rings is 1. The highest BCUT2D eigenvalue weighted by atomic mass is 14.8. The van der Waals surface area contributed by atoms with Crippen LogP contribution in [0.5, 0.6) is 0 Å². The van der Waals surface area contributed by atoms with Gasteiger partial charge in [0.1, 0.15) is 0 Å². The molecule has 17 heavy (non-hydrogen) atoms. The number of aromatic nitrogens is 1. The Labute approximate surface area is 101 Å². The van der Waals surface area contributed by atoms with E-state index >= 15 is 0 Å². The Balaban J connectivity index is 2.86. The van der Waals surface area contributed by atoms with E-state index in [2.05, 4.69) is 29.7 Å². The Morgan fingerprint density at radius 3 is 2.65 bits per heavy atom. The second-order valence-corrected chi connectivity index (χ2v) is 4.48. The number of rotatable bonds is 1. The van der Waals surface area contributed by atoms with Gasteiger partial charge in [-0.1, -0.05) is 13.8 Å². The predicted molar refractivity (Wildman–Crippen MR) is 68.1 cm³/mol. The van der Waals surface area contributed by atoms with Crippen molar-refractivity contribution in [3.63, 3.8) is 0 Å². The summed E-state index contributed by atoms with van der Waals surface area (Å²) in [5.41, 5.74) is 4.11. The van der Waals surface area contributed by atoms with Gasteiger partial charge in [0.2, 0.25) is 5.69 Å². The zero-order valence-electron chi connectivity index (χ0n) is 10.1. The first-order valence-corrected chi connectivity index (χ1v) is 5.52. The molecule has 1 N–H and O–H groups in total. The summed E-state index contributed by atoms with van der Waals surface area (Å²) in [5, 5.41) is 9.87. The van der Waals surface area contributed by atoms with Crippen LogP contribution < -0.4 is 0 Å². The summed E-state index contributed by atoms with van der Waals surface area (Å²) in [4.78, 5) is 6.88. The van der Waals surface area contributed by atoms with Crippen molar-refractivity contribution in [1.29, 1.82) is 5.26 Å². The minimum absolute atomic E-state index is 0.275. The molecule has 1 aromatic heterocycles. The molecule has 2 rings (SSSR count). The van der Waals surface area contributed by atoms with E-state index in [-0.39, 0.29) is 5.92 Å². The third-order valence-corrected chi connectivity index (χ3v) is 2.95. The van der Waals surface area contributed by atoms with Gasteiger partial charge in [0.15, 0.2) is 0 Å². The minimum atomic E-state index is 0.275. The van der Waals surface area contributed by atoms with Crippen LogP contribution >= 0.6 is 0 Å². The van der Waals surface area contributed by atoms with E-state index in [1.807, 2.05) is 13.0 Å². The number of nitriles is 1. The largest absolute Gasteiger partial charge is 0.369 e. The van der Waals surface area contributed by atoms with E-state index in [0.29, 0.717) is 11.3 Å². The van der Waals surface area contributed by atoms with Crippen LogP contribution in [0.1, 0.15) is 36.6 Å². The molecule has 0 spiro atoms. The molecule has 0 saturated carbocycles. The molecule has 0 fully saturated rings. The highest BCUT2D eigenvalue weighted by Gasteiger charge is 2.15. The second kappa shape index (κ2) is 3.96. The Morgan fingerprint density at radius 2 is 2.12 bits per heavy atom. The molecule has 0 unspecified atom stereocenters. The summed E-state index contributed by atoms with van der Waals surface area (Å²) in [6.07, 6.45) is 0. The number of H-pyrrole nitrogens is 1. The summed E-state index contributed by atoms with van der Waals surface area (Å²) in [7, 11) is 0. The number of nitrogens with one attached hydrogen (secondary N) is 1. The standard InChI is InChI=1S/C14H13N3/c1-8(2)13-14(16-4)11-6-10(7-15)9(3)5-12(11)17-13/h5-6,8,17H,1-3H3. The first-order chi connectivity index (χ1) is 8.08. The van der Waals surface area contributed by atoms with Crippen LogP contribution in [0.25, 0.3) is 15.7 Å². The molecule has 1 heterocycles. The Hall–Kier alpha value is -2.26. The predicted octanol–water partition coefficient (Wildman–Crippen LogP) is 4.02. The molecule has 0 aliphatic heterocycles. The fourth-order valence-electron chi connectivity index (χ4n) is 2.02. The average Bonchev–Trinajstić information content (AvgIpc) is 2.65. The maximum Gasteiger partial charge on any atom is 0.215 e. The Bertz CT molecular complexity index is 663. The van der Waals surface area contributed by atoms with E-state index in [1.54, 1.807) is 6.07 Å². The van der Waals surface area contributed by atoms with Crippen LogP contribution in [0, 0.1) is 24.8 Å². The third-order valence-electron chi connectivity index (χ3n) is 2.95. The van der Waals surface area contributed by atoms with E-state index in [4.69, 9.17) is 11.8 Å². The van der Waals surface area contributed by atoms with Gasteiger partial charge in [-0.15, -0.1) is 0 Å². The van der Waals surface area contributed by atoms with Gasteiger partial charge in [0.25, 0.3) is 0 Å². The molecule has 84 valence electrons. The highest BCUT2D eigenvalue weighted by molar-refractivity contribution is 5.96. The molecule has 0 aliphatic carbocycles. The van der Waals surface area contributed by atoms with Gasteiger partial charge in [0, 0.05) is 16.6 Å². The van der Waals surface area contributed by atoms with Crippen molar-refractivity contribution in [2.24, 2.45) is 0 Å². The van der Waals surface area contributed by atoms with Crippen LogP contribution in [0.15, 0.2) is 12.1 Å². The molecular formula is C14H13N3. The number of fused-ring (bicyclic) bond motifs is 1. The van der Waals surface area contributed by atoms with Gasteiger partial charge >= 0.3 is 0 Å². The quantitative estimate of drug-likeness (QED) is 0.729. The van der Waals surface area contributed by atoms with E-state index < -0.39 is 0 Å². The molecule has 0 aliphatic rings. The third kappa shape index (κ3) is 1.66. The second-order valence-electron chi connectivity index (χ2n) is 4.48. The average molecular weight is 223 g/mol. The summed E-state index contributed by atoms with van der Waals surface area (Å²) < 4.78 is 0. The van der Waals surface area contributed by atoms with Crippen molar-refractivity contribution in [2.45, 2.75) is 26.7 Å². The van der Waals surface area contributed by atoms with Crippen molar-refractivity contribution in [3.05, 3.63) is 40.4 Å². The van der Waals surface area contributed by atoms with Crippen molar-refractivity contribution in [2.75, 3.05) is 0 Å². The smallest absolute Gasteiger partial charge is 0.215 e. The van der Waals surface area contributed by atoms with Crippen LogP contribution in [0.2, 0.25) is 0 Å². The first kappa shape index (κ1) is 11.2. The molecular weight excluding hydrogens is 210 g/mol. The van der Waals surface area contributed by atoms with Gasteiger partial charge < -0.3 is 4.98 Å². The van der Waals surface area contributed by atoms with Crippen molar-refractivity contribution in [3.8, 4) is 6.07 Å².